The molecule has 0 aromatic heterocycles. The highest BCUT2D eigenvalue weighted by molar-refractivity contribution is 8.01. The van der Waals surface area contributed by atoms with E-state index in [-0.39, 0.29) is 69.2 Å². The molecule has 0 unspecified atom stereocenters. The van der Waals surface area contributed by atoms with Crippen LogP contribution in [0.5, 0.6) is 5.75 Å². The quantitative estimate of drug-likeness (QED) is 0.142. The molecule has 52 heavy (non-hydrogen) atoms. The smallest absolute Gasteiger partial charge is 0.248 e. The zero-order chi connectivity index (χ0) is 37.5. The molecular weight excluding hydrogens is 673 g/mol. The molecule has 1 N–H and O–H groups in total. The van der Waals surface area contributed by atoms with Crippen LogP contribution in [-0.4, -0.2) is 35.1 Å². The van der Waals surface area contributed by atoms with Crippen molar-refractivity contribution in [1.82, 2.24) is 0 Å². The molecule has 6 rings (SSSR count). The maximum absolute atomic E-state index is 15.3. The van der Waals surface area contributed by atoms with Crippen LogP contribution < -0.4 is 15.4 Å². The summed E-state index contributed by atoms with van der Waals surface area (Å²) in [6, 6.07) is 24.8. The van der Waals surface area contributed by atoms with Crippen LogP contribution >= 0.6 is 7.14 Å². The van der Waals surface area contributed by atoms with Gasteiger partial charge < -0.3 is 14.6 Å². The van der Waals surface area contributed by atoms with Crippen molar-refractivity contribution in [3.8, 4) is 5.75 Å². The van der Waals surface area contributed by atoms with Crippen LogP contribution in [0.3, 0.4) is 0 Å². The van der Waals surface area contributed by atoms with Crippen LogP contribution in [0.25, 0.3) is 0 Å². The first-order valence-corrected chi connectivity index (χ1v) is 18.6. The largest absolute Gasteiger partial charge is 0.493 e. The van der Waals surface area contributed by atoms with E-state index >= 15 is 4.57 Å². The van der Waals surface area contributed by atoms with Gasteiger partial charge in [0.15, 0.2) is 11.6 Å². The topological polar surface area (TPSA) is 124 Å². The molecule has 0 saturated carbocycles. The lowest BCUT2D eigenvalue weighted by Gasteiger charge is -2.22. The van der Waals surface area contributed by atoms with Gasteiger partial charge in [0.2, 0.25) is 24.1 Å². The Labute approximate surface area is 302 Å². The van der Waals surface area contributed by atoms with Gasteiger partial charge in [-0.1, -0.05) is 83.9 Å². The van der Waals surface area contributed by atoms with Gasteiger partial charge in [-0.05, 0) is 82.0 Å². The Kier molecular flexibility index (Phi) is 9.80. The van der Waals surface area contributed by atoms with Crippen LogP contribution in [0, 0.1) is 41.5 Å². The molecule has 1 aliphatic carbocycles. The molecule has 5 aromatic carbocycles. The molecule has 0 fully saturated rings. The molecule has 0 atom stereocenters. The van der Waals surface area contributed by atoms with Gasteiger partial charge in [-0.25, -0.2) is 0 Å². The number of hydrogen-bond donors (Lipinski definition) is 1. The molecule has 0 radical (unpaired) electrons. The fraction of sp³-hybridized carbons (Fsp3) is 0.186. The lowest BCUT2D eigenvalue weighted by molar-refractivity contribution is -0.116. The van der Waals surface area contributed by atoms with Gasteiger partial charge in [0.1, 0.15) is 5.75 Å². The third kappa shape index (κ3) is 6.46. The second-order valence-electron chi connectivity index (χ2n) is 13.3. The summed E-state index contributed by atoms with van der Waals surface area (Å²) in [5.41, 5.74) is 4.56. The average molecular weight is 712 g/mol. The molecule has 1 amide bonds. The number of anilines is 1. The van der Waals surface area contributed by atoms with E-state index in [1.54, 1.807) is 82.3 Å². The summed E-state index contributed by atoms with van der Waals surface area (Å²) in [5, 5.41) is 2.77. The fourth-order valence-electron chi connectivity index (χ4n) is 7.17. The molecule has 5 aromatic rings. The SMILES string of the molecule is Cc1cc(C)c(C(=O)P(=O)(C(=O)c2c(C)cc(C)cc2C)c2cccc(OCCC(=O)Nc3cccc4c3C(=O)c3ccccc3C4=O)c2)c(C)c1. The maximum atomic E-state index is 15.3. The number of ketones is 2. The Morgan fingerprint density at radius 2 is 1.12 bits per heavy atom. The highest BCUT2D eigenvalue weighted by Crippen LogP contribution is 2.53. The number of rotatable bonds is 10. The number of fused-ring (bicyclic) bond motifs is 2. The minimum atomic E-state index is -4.50. The number of benzene rings is 5. The molecule has 262 valence electrons. The van der Waals surface area contributed by atoms with Crippen molar-refractivity contribution in [3.05, 3.63) is 158 Å². The summed E-state index contributed by atoms with van der Waals surface area (Å²) >= 11 is 0. The summed E-state index contributed by atoms with van der Waals surface area (Å²) in [6.45, 7) is 10.8. The van der Waals surface area contributed by atoms with E-state index in [4.69, 9.17) is 4.74 Å². The predicted molar refractivity (Wildman–Crippen MR) is 202 cm³/mol. The normalized spacial score (nSPS) is 12.2. The van der Waals surface area contributed by atoms with E-state index < -0.39 is 24.1 Å². The lowest BCUT2D eigenvalue weighted by atomic mass is 9.83. The van der Waals surface area contributed by atoms with Crippen LogP contribution in [0.2, 0.25) is 0 Å². The first-order chi connectivity index (χ1) is 24.7. The molecule has 1 aliphatic rings. The van der Waals surface area contributed by atoms with E-state index in [0.717, 1.165) is 11.1 Å². The predicted octanol–water partition coefficient (Wildman–Crippen LogP) is 8.39. The number of aryl methyl sites for hydroxylation is 6. The van der Waals surface area contributed by atoms with Crippen molar-refractivity contribution < 1.29 is 33.3 Å². The third-order valence-corrected chi connectivity index (χ3v) is 12.0. The number of ether oxygens (including phenoxy) is 1. The molecule has 0 bridgehead atoms. The average Bonchev–Trinajstić information content (AvgIpc) is 3.09. The lowest BCUT2D eigenvalue weighted by Crippen LogP contribution is -2.24. The second-order valence-corrected chi connectivity index (χ2v) is 15.9. The van der Waals surface area contributed by atoms with E-state index in [9.17, 15) is 24.0 Å². The summed E-state index contributed by atoms with van der Waals surface area (Å²) in [7, 11) is -4.50. The Morgan fingerprint density at radius 3 is 1.67 bits per heavy atom. The molecule has 8 nitrogen and oxygen atoms in total. The summed E-state index contributed by atoms with van der Waals surface area (Å²) in [5.74, 6) is -0.889. The van der Waals surface area contributed by atoms with E-state index in [0.29, 0.717) is 27.8 Å². The molecule has 0 heterocycles. The molecule has 9 heteroatoms. The highest BCUT2D eigenvalue weighted by Gasteiger charge is 2.45. The second kappa shape index (κ2) is 14.1. The third-order valence-electron chi connectivity index (χ3n) is 9.36. The molecule has 0 aliphatic heterocycles. The Hall–Kier alpha value is -5.72. The number of nitrogens with one attached hydrogen (secondary N) is 1. The Morgan fingerprint density at radius 1 is 0.615 bits per heavy atom. The Balaban J connectivity index is 1.26. The zero-order valence-electron chi connectivity index (χ0n) is 29.9. The number of hydrogen-bond acceptors (Lipinski definition) is 7. The van der Waals surface area contributed by atoms with Crippen molar-refractivity contribution in [1.29, 1.82) is 0 Å². The van der Waals surface area contributed by atoms with Gasteiger partial charge in [-0.3, -0.25) is 24.0 Å². The fourth-order valence-corrected chi connectivity index (χ4v) is 9.76. The van der Waals surface area contributed by atoms with Crippen molar-refractivity contribution in [2.24, 2.45) is 0 Å². The minimum absolute atomic E-state index is 0.0302. The monoisotopic (exact) mass is 711 g/mol. The molecule has 0 spiro atoms. The molecule has 0 saturated heterocycles. The maximum Gasteiger partial charge on any atom is 0.248 e. The van der Waals surface area contributed by atoms with Gasteiger partial charge in [0, 0.05) is 33.1 Å². The van der Waals surface area contributed by atoms with Crippen molar-refractivity contribution >= 4 is 46.7 Å². The first-order valence-electron chi connectivity index (χ1n) is 16.9. The van der Waals surface area contributed by atoms with E-state index in [1.807, 2.05) is 38.1 Å². The summed E-state index contributed by atoms with van der Waals surface area (Å²) in [6.07, 6.45) is -0.133. The molecular formula is C43H38NO7P. The van der Waals surface area contributed by atoms with Gasteiger partial charge in [0.25, 0.3) is 0 Å². The van der Waals surface area contributed by atoms with Crippen molar-refractivity contribution in [2.45, 2.75) is 48.0 Å². The minimum Gasteiger partial charge on any atom is -0.493 e. The number of carbonyl (C=O) groups is 5. The van der Waals surface area contributed by atoms with Gasteiger partial charge >= 0.3 is 0 Å². The summed E-state index contributed by atoms with van der Waals surface area (Å²) < 4.78 is 21.2. The summed E-state index contributed by atoms with van der Waals surface area (Å²) in [4.78, 5) is 68.6. The van der Waals surface area contributed by atoms with E-state index in [1.165, 1.54) is 12.1 Å². The van der Waals surface area contributed by atoms with Crippen LogP contribution in [0.15, 0.2) is 91.0 Å². The Bertz CT molecular complexity index is 2290. The van der Waals surface area contributed by atoms with Crippen LogP contribution in [0.4, 0.5) is 5.69 Å². The van der Waals surface area contributed by atoms with Gasteiger partial charge in [-0.15, -0.1) is 0 Å². The number of carbonyl (C=O) groups excluding carboxylic acids is 5. The van der Waals surface area contributed by atoms with Crippen molar-refractivity contribution in [3.63, 3.8) is 0 Å². The van der Waals surface area contributed by atoms with Gasteiger partial charge in [-0.2, -0.15) is 0 Å². The highest BCUT2D eigenvalue weighted by atomic mass is 31.2. The van der Waals surface area contributed by atoms with Crippen molar-refractivity contribution in [2.75, 3.05) is 11.9 Å². The van der Waals surface area contributed by atoms with E-state index in [2.05, 4.69) is 5.32 Å². The standard InChI is InChI=1S/C43H38NO7P/c1-24-19-26(3)37(27(4)20-24)42(48)52(50,43(49)38-28(5)21-25(2)22-29(38)6)31-12-9-11-30(23-31)51-18-17-36(45)44-35-16-10-15-34-39(35)41(47)33-14-8-7-13-32(33)40(34)46/h7-16,19-23H,17-18H2,1-6H3,(H,44,45). The zero-order valence-corrected chi connectivity index (χ0v) is 30.8. The first kappa shape index (κ1) is 36.1. The van der Waals surface area contributed by atoms with Gasteiger partial charge in [0.05, 0.1) is 24.3 Å². The van der Waals surface area contributed by atoms with Crippen LogP contribution in [-0.2, 0) is 9.36 Å². The van der Waals surface area contributed by atoms with Crippen LogP contribution in [0.1, 0.15) is 92.4 Å². The number of amides is 1.